The molecule has 172 valence electrons. The Labute approximate surface area is 195 Å². The van der Waals surface area contributed by atoms with Gasteiger partial charge in [0.1, 0.15) is 12.1 Å². The number of fused-ring (bicyclic) bond motifs is 1. The smallest absolute Gasteiger partial charge is 0.408 e. The summed E-state index contributed by atoms with van der Waals surface area (Å²) in [6.07, 6.45) is 1.81. The second-order valence-corrected chi connectivity index (χ2v) is 9.18. The molecule has 9 heteroatoms. The first-order chi connectivity index (χ1) is 16.0. The number of ether oxygens (including phenoxy) is 1. The predicted octanol–water partition coefficient (Wildman–Crippen LogP) is 2.07. The number of amides is 1. The van der Waals surface area contributed by atoms with Crippen molar-refractivity contribution in [3.63, 3.8) is 0 Å². The molecule has 2 N–H and O–H groups in total. The number of nitriles is 1. The van der Waals surface area contributed by atoms with Crippen LogP contribution >= 0.6 is 11.8 Å². The van der Waals surface area contributed by atoms with Crippen molar-refractivity contribution in [1.29, 1.82) is 5.26 Å². The zero-order valence-electron chi connectivity index (χ0n) is 18.5. The lowest BCUT2D eigenvalue weighted by molar-refractivity contribution is -0.132. The molecule has 2 aromatic carbocycles. The summed E-state index contributed by atoms with van der Waals surface area (Å²) in [4.78, 5) is 24.3. The van der Waals surface area contributed by atoms with E-state index in [-0.39, 0.29) is 5.91 Å². The van der Waals surface area contributed by atoms with Crippen LogP contribution in [-0.2, 0) is 23.0 Å². The Bertz CT molecular complexity index is 1230. The molecule has 1 fully saturated rings. The van der Waals surface area contributed by atoms with Crippen molar-refractivity contribution in [2.24, 2.45) is 7.05 Å². The number of hydrogen-bond donors (Lipinski definition) is 2. The number of benzene rings is 2. The SMILES string of the molecule is CSC1CNCC(C(=O)N[C@H](C#N)Cc2ccc(-c3ccc4oc(=O)n(C)c4c3)cc2)OC1. The molecule has 0 aliphatic carbocycles. The van der Waals surface area contributed by atoms with Gasteiger partial charge in [0.2, 0.25) is 0 Å². The highest BCUT2D eigenvalue weighted by molar-refractivity contribution is 7.99. The Hall–Kier alpha value is -3.06. The third kappa shape index (κ3) is 5.30. The van der Waals surface area contributed by atoms with Crippen molar-refractivity contribution < 1.29 is 13.9 Å². The lowest BCUT2D eigenvalue weighted by Crippen LogP contribution is -2.46. The number of oxazole rings is 1. The molecule has 0 saturated carbocycles. The molecule has 2 heterocycles. The van der Waals surface area contributed by atoms with Gasteiger partial charge in [0, 0.05) is 31.8 Å². The minimum atomic E-state index is -0.650. The van der Waals surface area contributed by atoms with Crippen LogP contribution in [0.2, 0.25) is 0 Å². The van der Waals surface area contributed by atoms with E-state index < -0.39 is 17.9 Å². The van der Waals surface area contributed by atoms with E-state index in [0.717, 1.165) is 28.8 Å². The highest BCUT2D eigenvalue weighted by Gasteiger charge is 2.26. The number of carbonyl (C=O) groups excluding carboxylic acids is 1. The maximum absolute atomic E-state index is 12.6. The van der Waals surface area contributed by atoms with Crippen molar-refractivity contribution in [1.82, 2.24) is 15.2 Å². The number of hydrogen-bond acceptors (Lipinski definition) is 7. The Morgan fingerprint density at radius 1 is 1.27 bits per heavy atom. The van der Waals surface area contributed by atoms with E-state index in [1.165, 1.54) is 4.57 Å². The van der Waals surface area contributed by atoms with Gasteiger partial charge in [-0.3, -0.25) is 9.36 Å². The molecular formula is C24H26N4O4S. The van der Waals surface area contributed by atoms with E-state index in [1.54, 1.807) is 24.9 Å². The summed E-state index contributed by atoms with van der Waals surface area (Å²) < 4.78 is 12.4. The molecule has 1 saturated heterocycles. The van der Waals surface area contributed by atoms with Crippen LogP contribution in [0.4, 0.5) is 0 Å². The van der Waals surface area contributed by atoms with Crippen LogP contribution < -0.4 is 16.4 Å². The van der Waals surface area contributed by atoms with Crippen molar-refractivity contribution in [2.45, 2.75) is 23.8 Å². The van der Waals surface area contributed by atoms with Crippen LogP contribution in [0.15, 0.2) is 51.7 Å². The van der Waals surface area contributed by atoms with Gasteiger partial charge < -0.3 is 19.8 Å². The number of nitrogens with one attached hydrogen (secondary N) is 2. The van der Waals surface area contributed by atoms with Crippen LogP contribution in [-0.4, -0.2) is 53.8 Å². The van der Waals surface area contributed by atoms with E-state index >= 15 is 0 Å². The van der Waals surface area contributed by atoms with Gasteiger partial charge >= 0.3 is 5.76 Å². The summed E-state index contributed by atoms with van der Waals surface area (Å²) >= 11 is 1.70. The Balaban J connectivity index is 1.40. The summed E-state index contributed by atoms with van der Waals surface area (Å²) in [5.41, 5.74) is 4.15. The van der Waals surface area contributed by atoms with Crippen LogP contribution in [0.25, 0.3) is 22.2 Å². The van der Waals surface area contributed by atoms with Gasteiger partial charge in [0.15, 0.2) is 5.58 Å². The van der Waals surface area contributed by atoms with Crippen LogP contribution in [0.1, 0.15) is 5.56 Å². The first kappa shape index (κ1) is 23.1. The lowest BCUT2D eigenvalue weighted by Gasteiger charge is -2.18. The third-order valence-corrected chi connectivity index (χ3v) is 6.77. The predicted molar refractivity (Wildman–Crippen MR) is 128 cm³/mol. The molecule has 0 radical (unpaired) electrons. The zero-order valence-corrected chi connectivity index (χ0v) is 19.4. The van der Waals surface area contributed by atoms with Crippen molar-refractivity contribution >= 4 is 28.8 Å². The maximum Gasteiger partial charge on any atom is 0.419 e. The van der Waals surface area contributed by atoms with Crippen molar-refractivity contribution in [3.05, 3.63) is 58.6 Å². The molecule has 2 unspecified atom stereocenters. The average Bonchev–Trinajstić information content (AvgIpc) is 2.99. The summed E-state index contributed by atoms with van der Waals surface area (Å²) in [6, 6.07) is 14.9. The fourth-order valence-corrected chi connectivity index (χ4v) is 4.30. The summed E-state index contributed by atoms with van der Waals surface area (Å²) in [7, 11) is 1.68. The number of aryl methyl sites for hydroxylation is 1. The van der Waals surface area contributed by atoms with E-state index in [4.69, 9.17) is 9.15 Å². The van der Waals surface area contributed by atoms with Gasteiger partial charge in [-0.25, -0.2) is 4.79 Å². The molecule has 8 nitrogen and oxygen atoms in total. The van der Waals surface area contributed by atoms with Crippen LogP contribution in [0.3, 0.4) is 0 Å². The average molecular weight is 467 g/mol. The highest BCUT2D eigenvalue weighted by atomic mass is 32.2. The summed E-state index contributed by atoms with van der Waals surface area (Å²) in [5.74, 6) is -0.664. The van der Waals surface area contributed by atoms with Gasteiger partial charge in [-0.2, -0.15) is 17.0 Å². The van der Waals surface area contributed by atoms with E-state index in [1.807, 2.05) is 42.7 Å². The quantitative estimate of drug-likeness (QED) is 0.572. The number of carbonyl (C=O) groups is 1. The topological polar surface area (TPSA) is 109 Å². The van der Waals surface area contributed by atoms with Gasteiger partial charge in [0.25, 0.3) is 5.91 Å². The second kappa shape index (κ2) is 10.3. The Kier molecular flexibility index (Phi) is 7.18. The van der Waals surface area contributed by atoms with Gasteiger partial charge in [-0.05, 0) is 35.1 Å². The molecule has 33 heavy (non-hydrogen) atoms. The van der Waals surface area contributed by atoms with E-state index in [2.05, 4.69) is 16.7 Å². The molecule has 1 aliphatic heterocycles. The Morgan fingerprint density at radius 2 is 2.03 bits per heavy atom. The first-order valence-electron chi connectivity index (χ1n) is 10.7. The van der Waals surface area contributed by atoms with Gasteiger partial charge in [0.05, 0.1) is 18.2 Å². The highest BCUT2D eigenvalue weighted by Crippen LogP contribution is 2.24. The minimum Gasteiger partial charge on any atom is -0.408 e. The van der Waals surface area contributed by atoms with Crippen molar-refractivity contribution in [3.8, 4) is 17.2 Å². The molecule has 1 aromatic heterocycles. The molecule has 0 bridgehead atoms. The fourth-order valence-electron chi connectivity index (χ4n) is 3.81. The zero-order chi connectivity index (χ0) is 23.4. The van der Waals surface area contributed by atoms with Crippen molar-refractivity contribution in [2.75, 3.05) is 26.0 Å². The number of aromatic nitrogens is 1. The van der Waals surface area contributed by atoms with E-state index in [0.29, 0.717) is 30.4 Å². The number of rotatable bonds is 6. The lowest BCUT2D eigenvalue weighted by atomic mass is 10.0. The number of thioether (sulfide) groups is 1. The fraction of sp³-hybridized carbons (Fsp3) is 0.375. The normalized spacial score (nSPS) is 19.5. The minimum absolute atomic E-state index is 0.272. The molecule has 1 amide bonds. The van der Waals surface area contributed by atoms with Gasteiger partial charge in [-0.15, -0.1) is 0 Å². The Morgan fingerprint density at radius 3 is 2.76 bits per heavy atom. The largest absolute Gasteiger partial charge is 0.419 e. The second-order valence-electron chi connectivity index (χ2n) is 8.04. The third-order valence-electron chi connectivity index (χ3n) is 5.80. The summed E-state index contributed by atoms with van der Waals surface area (Å²) in [5, 5.41) is 15.9. The molecule has 3 atom stereocenters. The molecule has 4 rings (SSSR count). The molecular weight excluding hydrogens is 440 g/mol. The monoisotopic (exact) mass is 466 g/mol. The van der Waals surface area contributed by atoms with Crippen LogP contribution in [0, 0.1) is 11.3 Å². The molecule has 3 aromatic rings. The van der Waals surface area contributed by atoms with Crippen LogP contribution in [0.5, 0.6) is 0 Å². The standard InChI is InChI=1S/C24H26N4O4S/c1-28-20-10-17(7-8-21(20)32-24(28)30)16-5-3-15(4-6-16)9-18(11-25)27-23(29)22-13-26-12-19(33-2)14-31-22/h3-8,10,18-19,22,26H,9,12-14H2,1-2H3,(H,27,29)/t18-,19?,22?/m0/s1. The van der Waals surface area contributed by atoms with E-state index in [9.17, 15) is 14.9 Å². The molecule has 0 spiro atoms. The van der Waals surface area contributed by atoms with Gasteiger partial charge in [-0.1, -0.05) is 30.3 Å². The maximum atomic E-state index is 12.6. The first-order valence-corrected chi connectivity index (χ1v) is 12.0. The summed E-state index contributed by atoms with van der Waals surface area (Å²) in [6.45, 7) is 1.73. The number of nitrogens with zero attached hydrogens (tertiary/aromatic N) is 2. The molecule has 1 aliphatic rings.